The van der Waals surface area contributed by atoms with Gasteiger partial charge in [0, 0.05) is 31.0 Å². The van der Waals surface area contributed by atoms with Gasteiger partial charge in [-0.1, -0.05) is 12.1 Å². The van der Waals surface area contributed by atoms with Gasteiger partial charge < -0.3 is 20.9 Å². The number of aryl methyl sites for hydroxylation is 1. The molecule has 2 rings (SSSR count). The van der Waals surface area contributed by atoms with Gasteiger partial charge in [-0.15, -0.1) is 0 Å². The third kappa shape index (κ3) is 4.06. The number of benzene rings is 1. The number of hydrogen-bond acceptors (Lipinski definition) is 3. The van der Waals surface area contributed by atoms with Crippen LogP contribution in [0.2, 0.25) is 0 Å². The van der Waals surface area contributed by atoms with E-state index in [0.717, 1.165) is 24.3 Å². The highest BCUT2D eigenvalue weighted by atomic mass is 16.2. The van der Waals surface area contributed by atoms with Gasteiger partial charge >= 0.3 is 6.03 Å². The van der Waals surface area contributed by atoms with Gasteiger partial charge in [-0.2, -0.15) is 0 Å². The molecule has 2 aromatic rings. The first-order valence-corrected chi connectivity index (χ1v) is 6.99. The topological polar surface area (TPSA) is 85.0 Å². The van der Waals surface area contributed by atoms with E-state index in [0.29, 0.717) is 5.69 Å². The first-order chi connectivity index (χ1) is 10.1. The number of aromatic nitrogens is 2. The summed E-state index contributed by atoms with van der Waals surface area (Å²) in [4.78, 5) is 14.9. The molecule has 0 fully saturated rings. The number of nitrogens with one attached hydrogen (secondary N) is 2. The van der Waals surface area contributed by atoms with Crippen molar-refractivity contribution in [2.24, 2.45) is 5.73 Å². The number of primary amides is 1. The Bertz CT molecular complexity index is 590. The van der Waals surface area contributed by atoms with Gasteiger partial charge in [-0.3, -0.25) is 0 Å². The number of urea groups is 1. The van der Waals surface area contributed by atoms with Crippen LogP contribution in [0.25, 0.3) is 0 Å². The van der Waals surface area contributed by atoms with Crippen LogP contribution < -0.4 is 16.4 Å². The molecule has 6 heteroatoms. The molecular weight excluding hydrogens is 266 g/mol. The molecule has 112 valence electrons. The molecule has 0 aliphatic heterocycles. The third-order valence-corrected chi connectivity index (χ3v) is 3.41. The quantitative estimate of drug-likeness (QED) is 0.761. The highest BCUT2D eigenvalue weighted by molar-refractivity contribution is 5.87. The van der Waals surface area contributed by atoms with E-state index in [9.17, 15) is 4.79 Å². The molecule has 21 heavy (non-hydrogen) atoms. The van der Waals surface area contributed by atoms with Crippen molar-refractivity contribution in [1.29, 1.82) is 0 Å². The van der Waals surface area contributed by atoms with Crippen molar-refractivity contribution >= 4 is 11.7 Å². The Morgan fingerprint density at radius 1 is 1.38 bits per heavy atom. The number of carbonyl (C=O) groups is 1. The van der Waals surface area contributed by atoms with E-state index in [4.69, 9.17) is 5.73 Å². The number of nitrogens with zero attached hydrogens (tertiary/aromatic N) is 2. The molecule has 1 aromatic heterocycles. The van der Waals surface area contributed by atoms with E-state index in [1.54, 1.807) is 0 Å². The average molecular weight is 287 g/mol. The fourth-order valence-electron chi connectivity index (χ4n) is 2.15. The van der Waals surface area contributed by atoms with Gasteiger partial charge in [0.1, 0.15) is 0 Å². The minimum Gasteiger partial charge on any atom is -0.351 e. The van der Waals surface area contributed by atoms with E-state index >= 15 is 0 Å². The Morgan fingerprint density at radius 3 is 2.71 bits per heavy atom. The monoisotopic (exact) mass is 287 g/mol. The van der Waals surface area contributed by atoms with E-state index in [1.165, 1.54) is 0 Å². The smallest absolute Gasteiger partial charge is 0.316 e. The van der Waals surface area contributed by atoms with Gasteiger partial charge in [0.15, 0.2) is 0 Å². The van der Waals surface area contributed by atoms with Crippen molar-refractivity contribution in [3.63, 3.8) is 0 Å². The molecule has 0 aliphatic rings. The van der Waals surface area contributed by atoms with Crippen LogP contribution in [0.3, 0.4) is 0 Å². The van der Waals surface area contributed by atoms with Crippen LogP contribution >= 0.6 is 0 Å². The zero-order valence-corrected chi connectivity index (χ0v) is 12.3. The van der Waals surface area contributed by atoms with Gasteiger partial charge in [-0.05, 0) is 31.5 Å². The molecule has 1 atom stereocenters. The lowest BCUT2D eigenvalue weighted by Gasteiger charge is -2.15. The molecule has 1 unspecified atom stereocenters. The second-order valence-electron chi connectivity index (χ2n) is 4.88. The van der Waals surface area contributed by atoms with Crippen LogP contribution in [0.15, 0.2) is 36.8 Å². The Morgan fingerprint density at radius 2 is 2.10 bits per heavy atom. The number of anilines is 1. The number of nitrogens with two attached hydrogens (primary N) is 1. The predicted molar refractivity (Wildman–Crippen MR) is 82.8 cm³/mol. The van der Waals surface area contributed by atoms with Crippen molar-refractivity contribution in [1.82, 2.24) is 14.9 Å². The summed E-state index contributed by atoms with van der Waals surface area (Å²) < 4.78 is 2.11. The molecule has 0 aliphatic carbocycles. The van der Waals surface area contributed by atoms with Crippen LogP contribution in [0.5, 0.6) is 0 Å². The van der Waals surface area contributed by atoms with E-state index < -0.39 is 6.03 Å². The number of rotatable bonds is 6. The summed E-state index contributed by atoms with van der Waals surface area (Å²) >= 11 is 0. The van der Waals surface area contributed by atoms with Crippen molar-refractivity contribution in [2.45, 2.75) is 33.0 Å². The van der Waals surface area contributed by atoms with Gasteiger partial charge in [-0.25, -0.2) is 9.78 Å². The van der Waals surface area contributed by atoms with Crippen molar-refractivity contribution in [2.75, 3.05) is 5.32 Å². The molecule has 0 saturated carbocycles. The van der Waals surface area contributed by atoms with Crippen molar-refractivity contribution in [3.8, 4) is 0 Å². The Labute approximate surface area is 124 Å². The largest absolute Gasteiger partial charge is 0.351 e. The zero-order valence-electron chi connectivity index (χ0n) is 12.3. The normalized spacial score (nSPS) is 12.1. The number of imidazole rings is 1. The summed E-state index contributed by atoms with van der Waals surface area (Å²) in [5, 5.41) is 6.01. The maximum atomic E-state index is 10.8. The molecular formula is C15H21N5O. The van der Waals surface area contributed by atoms with Crippen LogP contribution in [0, 0.1) is 0 Å². The molecule has 1 heterocycles. The average Bonchev–Trinajstić information content (AvgIpc) is 2.92. The maximum Gasteiger partial charge on any atom is 0.316 e. The second-order valence-corrected chi connectivity index (χ2v) is 4.88. The highest BCUT2D eigenvalue weighted by Gasteiger charge is 2.07. The van der Waals surface area contributed by atoms with Crippen molar-refractivity contribution in [3.05, 3.63) is 48.0 Å². The molecule has 4 N–H and O–H groups in total. The Kier molecular flexibility index (Phi) is 4.94. The fourth-order valence-corrected chi connectivity index (χ4v) is 2.15. The summed E-state index contributed by atoms with van der Waals surface area (Å²) in [5.74, 6) is 0. The molecule has 0 radical (unpaired) electrons. The minimum absolute atomic E-state index is 0.202. The fraction of sp³-hybridized carbons (Fsp3) is 0.333. The lowest BCUT2D eigenvalue weighted by Crippen LogP contribution is -2.20. The number of hydrogen-bond donors (Lipinski definition) is 3. The Balaban J connectivity index is 1.94. The summed E-state index contributed by atoms with van der Waals surface area (Å²) in [5.41, 5.74) is 8.09. The van der Waals surface area contributed by atoms with E-state index in [2.05, 4.69) is 34.0 Å². The van der Waals surface area contributed by atoms with E-state index in [1.807, 2.05) is 36.8 Å². The Hall–Kier alpha value is -2.34. The zero-order chi connectivity index (χ0) is 15.2. The lowest BCUT2D eigenvalue weighted by molar-refractivity contribution is 0.259. The number of carbonyl (C=O) groups excluding carboxylic acids is 1. The van der Waals surface area contributed by atoms with Crippen LogP contribution in [0.4, 0.5) is 10.5 Å². The second kappa shape index (κ2) is 6.90. The first kappa shape index (κ1) is 15.1. The number of amides is 2. The summed E-state index contributed by atoms with van der Waals surface area (Å²) in [6, 6.07) is 7.28. The minimum atomic E-state index is -0.554. The SMILES string of the molecule is CCn1cncc1CNC(C)c1ccc(NC(N)=O)cc1. The van der Waals surface area contributed by atoms with Gasteiger partial charge in [0.25, 0.3) is 0 Å². The maximum absolute atomic E-state index is 10.8. The standard InChI is InChI=1S/C15H21N5O/c1-3-20-10-17-8-14(20)9-18-11(2)12-4-6-13(7-5-12)19-15(16)21/h4-8,10-11,18H,3,9H2,1-2H3,(H3,16,19,21). The van der Waals surface area contributed by atoms with Crippen molar-refractivity contribution < 1.29 is 4.79 Å². The molecule has 0 bridgehead atoms. The van der Waals surface area contributed by atoms with Crippen LogP contribution in [0.1, 0.15) is 31.1 Å². The third-order valence-electron chi connectivity index (χ3n) is 3.41. The highest BCUT2D eigenvalue weighted by Crippen LogP contribution is 2.16. The van der Waals surface area contributed by atoms with E-state index in [-0.39, 0.29) is 6.04 Å². The van der Waals surface area contributed by atoms with Crippen LogP contribution in [-0.4, -0.2) is 15.6 Å². The predicted octanol–water partition coefficient (Wildman–Crippen LogP) is 2.24. The molecule has 0 saturated heterocycles. The summed E-state index contributed by atoms with van der Waals surface area (Å²) in [6.45, 7) is 5.87. The van der Waals surface area contributed by atoms with Gasteiger partial charge in [0.2, 0.25) is 0 Å². The van der Waals surface area contributed by atoms with Crippen LogP contribution in [-0.2, 0) is 13.1 Å². The van der Waals surface area contributed by atoms with Gasteiger partial charge in [0.05, 0.1) is 12.0 Å². The summed E-state index contributed by atoms with van der Waals surface area (Å²) in [7, 11) is 0. The molecule has 6 nitrogen and oxygen atoms in total. The summed E-state index contributed by atoms with van der Waals surface area (Å²) in [6.07, 6.45) is 3.72. The first-order valence-electron chi connectivity index (χ1n) is 6.99. The molecule has 0 spiro atoms. The molecule has 1 aromatic carbocycles. The molecule has 2 amide bonds. The lowest BCUT2D eigenvalue weighted by atomic mass is 10.1.